The normalized spacial score (nSPS) is 15.5. The van der Waals surface area contributed by atoms with Gasteiger partial charge < -0.3 is 9.47 Å². The smallest absolute Gasteiger partial charge is 0.231 e. The van der Waals surface area contributed by atoms with E-state index in [9.17, 15) is 9.18 Å². The Morgan fingerprint density at radius 2 is 1.73 bits per heavy atom. The highest BCUT2D eigenvalue weighted by atomic mass is 19.1. The highest BCUT2D eigenvalue weighted by molar-refractivity contribution is 5.99. The van der Waals surface area contributed by atoms with Gasteiger partial charge in [0.05, 0.1) is 6.42 Å². The first kappa shape index (κ1) is 18.6. The summed E-state index contributed by atoms with van der Waals surface area (Å²) in [6.07, 6.45) is 3.32. The van der Waals surface area contributed by atoms with E-state index in [4.69, 9.17) is 0 Å². The van der Waals surface area contributed by atoms with E-state index in [-0.39, 0.29) is 17.8 Å². The van der Waals surface area contributed by atoms with Crippen LogP contribution in [0.25, 0.3) is 10.9 Å². The molecule has 1 aromatic heterocycles. The zero-order valence-electron chi connectivity index (χ0n) is 16.9. The predicted octanol–water partition coefficient (Wildman–Crippen LogP) is 5.35. The molecule has 30 heavy (non-hydrogen) atoms. The molecule has 5 rings (SSSR count). The van der Waals surface area contributed by atoms with Crippen molar-refractivity contribution in [3.8, 4) is 0 Å². The molecule has 1 atom stereocenters. The number of halogens is 1. The fourth-order valence-corrected chi connectivity index (χ4v) is 4.57. The Labute approximate surface area is 175 Å². The van der Waals surface area contributed by atoms with Crippen molar-refractivity contribution in [3.05, 3.63) is 102 Å². The van der Waals surface area contributed by atoms with E-state index in [1.165, 1.54) is 17.7 Å². The molecule has 150 valence electrons. The molecule has 1 aliphatic heterocycles. The number of hydrogen-bond donors (Lipinski definition) is 0. The molecule has 3 aromatic carbocycles. The van der Waals surface area contributed by atoms with Gasteiger partial charge in [0.2, 0.25) is 5.91 Å². The Kier molecular flexibility index (Phi) is 4.62. The van der Waals surface area contributed by atoms with Crippen LogP contribution in [0.2, 0.25) is 0 Å². The molecular weight excluding hydrogens is 375 g/mol. The standard InChI is InChI=1S/C26H23FN2O/c1-18-14-20-6-2-4-8-24(20)29(18)26(30)15-21-17-28(25-9-5-3-7-23(21)25)16-19-10-12-22(27)13-11-19/h2-13,17-18H,14-16H2,1H3/t18-/m1/s1. The highest BCUT2D eigenvalue weighted by Crippen LogP contribution is 2.33. The number of hydrogen-bond acceptors (Lipinski definition) is 1. The van der Waals surface area contributed by atoms with Crippen molar-refractivity contribution in [1.29, 1.82) is 0 Å². The van der Waals surface area contributed by atoms with Gasteiger partial charge >= 0.3 is 0 Å². The summed E-state index contributed by atoms with van der Waals surface area (Å²) in [6, 6.07) is 23.1. The lowest BCUT2D eigenvalue weighted by Gasteiger charge is -2.22. The minimum atomic E-state index is -0.234. The Balaban J connectivity index is 1.46. The summed E-state index contributed by atoms with van der Waals surface area (Å²) >= 11 is 0. The zero-order chi connectivity index (χ0) is 20.7. The van der Waals surface area contributed by atoms with E-state index in [0.29, 0.717) is 13.0 Å². The number of benzene rings is 3. The lowest BCUT2D eigenvalue weighted by molar-refractivity contribution is -0.118. The summed E-state index contributed by atoms with van der Waals surface area (Å²) in [5.74, 6) is -0.112. The van der Waals surface area contributed by atoms with Gasteiger partial charge in [-0.15, -0.1) is 0 Å². The van der Waals surface area contributed by atoms with Crippen LogP contribution in [0.1, 0.15) is 23.6 Å². The number of amides is 1. The van der Waals surface area contributed by atoms with Crippen LogP contribution in [-0.2, 0) is 24.2 Å². The lowest BCUT2D eigenvalue weighted by Crippen LogP contribution is -2.36. The molecule has 0 N–H and O–H groups in total. The number of rotatable bonds is 4. The van der Waals surface area contributed by atoms with Crippen LogP contribution in [0.15, 0.2) is 79.0 Å². The quantitative estimate of drug-likeness (QED) is 0.455. The molecule has 0 saturated carbocycles. The van der Waals surface area contributed by atoms with Crippen molar-refractivity contribution in [3.63, 3.8) is 0 Å². The topological polar surface area (TPSA) is 25.2 Å². The third-order valence-electron chi connectivity index (χ3n) is 5.95. The maximum atomic E-state index is 13.3. The maximum Gasteiger partial charge on any atom is 0.231 e. The molecule has 0 unspecified atom stereocenters. The summed E-state index contributed by atoms with van der Waals surface area (Å²) in [5.41, 5.74) is 5.40. The minimum Gasteiger partial charge on any atom is -0.343 e. The first-order valence-electron chi connectivity index (χ1n) is 10.3. The fourth-order valence-electron chi connectivity index (χ4n) is 4.57. The summed E-state index contributed by atoms with van der Waals surface area (Å²) < 4.78 is 15.4. The molecule has 2 heterocycles. The van der Waals surface area contributed by atoms with E-state index in [2.05, 4.69) is 35.9 Å². The third kappa shape index (κ3) is 3.28. The number of carbonyl (C=O) groups is 1. The van der Waals surface area contributed by atoms with Gasteiger partial charge in [-0.25, -0.2) is 4.39 Å². The predicted molar refractivity (Wildman–Crippen MR) is 118 cm³/mol. The van der Waals surface area contributed by atoms with Crippen molar-refractivity contribution in [2.24, 2.45) is 0 Å². The van der Waals surface area contributed by atoms with Crippen LogP contribution in [-0.4, -0.2) is 16.5 Å². The Morgan fingerprint density at radius 3 is 2.57 bits per heavy atom. The maximum absolute atomic E-state index is 13.3. The van der Waals surface area contributed by atoms with Gasteiger partial charge in [-0.1, -0.05) is 48.5 Å². The van der Waals surface area contributed by atoms with Crippen LogP contribution in [0.3, 0.4) is 0 Å². The van der Waals surface area contributed by atoms with E-state index in [1.807, 2.05) is 35.2 Å². The molecule has 3 nitrogen and oxygen atoms in total. The second-order valence-corrected chi connectivity index (χ2v) is 8.05. The van der Waals surface area contributed by atoms with Crippen molar-refractivity contribution in [1.82, 2.24) is 4.57 Å². The van der Waals surface area contributed by atoms with Gasteiger partial charge in [0.1, 0.15) is 5.82 Å². The first-order chi connectivity index (χ1) is 14.6. The summed E-state index contributed by atoms with van der Waals surface area (Å²) in [4.78, 5) is 15.3. The van der Waals surface area contributed by atoms with Crippen molar-refractivity contribution >= 4 is 22.5 Å². The number of para-hydroxylation sites is 2. The second kappa shape index (κ2) is 7.45. The summed E-state index contributed by atoms with van der Waals surface area (Å²) in [6.45, 7) is 2.74. The molecule has 0 radical (unpaired) electrons. The van der Waals surface area contributed by atoms with Crippen molar-refractivity contribution in [2.45, 2.75) is 32.4 Å². The van der Waals surface area contributed by atoms with E-state index < -0.39 is 0 Å². The monoisotopic (exact) mass is 398 g/mol. The highest BCUT2D eigenvalue weighted by Gasteiger charge is 2.30. The number of fused-ring (bicyclic) bond motifs is 2. The van der Waals surface area contributed by atoms with Crippen LogP contribution in [0.5, 0.6) is 0 Å². The molecule has 0 saturated heterocycles. The van der Waals surface area contributed by atoms with Crippen LogP contribution < -0.4 is 4.90 Å². The minimum absolute atomic E-state index is 0.122. The molecule has 0 fully saturated rings. The summed E-state index contributed by atoms with van der Waals surface area (Å²) in [7, 11) is 0. The number of anilines is 1. The molecular formula is C26H23FN2O. The first-order valence-corrected chi connectivity index (χ1v) is 10.3. The van der Waals surface area contributed by atoms with E-state index in [1.54, 1.807) is 12.1 Å². The molecule has 1 aliphatic rings. The van der Waals surface area contributed by atoms with Crippen LogP contribution >= 0.6 is 0 Å². The molecule has 0 spiro atoms. The number of nitrogens with zero attached hydrogens (tertiary/aromatic N) is 2. The Morgan fingerprint density at radius 1 is 1.00 bits per heavy atom. The van der Waals surface area contributed by atoms with E-state index in [0.717, 1.165) is 34.1 Å². The molecule has 0 aliphatic carbocycles. The number of aromatic nitrogens is 1. The largest absolute Gasteiger partial charge is 0.343 e. The second-order valence-electron chi connectivity index (χ2n) is 8.05. The van der Waals surface area contributed by atoms with Gasteiger partial charge in [-0.3, -0.25) is 4.79 Å². The lowest BCUT2D eigenvalue weighted by atomic mass is 10.1. The molecule has 4 aromatic rings. The number of carbonyl (C=O) groups excluding carboxylic acids is 1. The van der Waals surface area contributed by atoms with Crippen LogP contribution in [0, 0.1) is 5.82 Å². The molecule has 1 amide bonds. The third-order valence-corrected chi connectivity index (χ3v) is 5.95. The molecule has 0 bridgehead atoms. The fraction of sp³-hybridized carbons (Fsp3) is 0.192. The average Bonchev–Trinajstić information content (AvgIpc) is 3.26. The van der Waals surface area contributed by atoms with Gasteiger partial charge in [-0.05, 0) is 54.3 Å². The SMILES string of the molecule is C[C@@H]1Cc2ccccc2N1C(=O)Cc1cn(Cc2ccc(F)cc2)c2ccccc12. The van der Waals surface area contributed by atoms with Crippen molar-refractivity contribution in [2.75, 3.05) is 4.90 Å². The van der Waals surface area contributed by atoms with Gasteiger partial charge in [0.15, 0.2) is 0 Å². The van der Waals surface area contributed by atoms with Crippen LogP contribution in [0.4, 0.5) is 10.1 Å². The zero-order valence-corrected chi connectivity index (χ0v) is 16.9. The van der Waals surface area contributed by atoms with Gasteiger partial charge in [0.25, 0.3) is 0 Å². The average molecular weight is 398 g/mol. The van der Waals surface area contributed by atoms with Gasteiger partial charge in [0, 0.05) is 35.4 Å². The summed E-state index contributed by atoms with van der Waals surface area (Å²) in [5, 5.41) is 1.09. The Hall–Kier alpha value is -3.40. The van der Waals surface area contributed by atoms with Crippen molar-refractivity contribution < 1.29 is 9.18 Å². The Bertz CT molecular complexity index is 1230. The van der Waals surface area contributed by atoms with Gasteiger partial charge in [-0.2, -0.15) is 0 Å². The van der Waals surface area contributed by atoms with E-state index >= 15 is 0 Å². The molecule has 4 heteroatoms.